The van der Waals surface area contributed by atoms with Gasteiger partial charge in [0.15, 0.2) is 0 Å². The molecular weight excluding hydrogens is 237 g/mol. The predicted octanol–water partition coefficient (Wildman–Crippen LogP) is 2.37. The van der Waals surface area contributed by atoms with E-state index in [1.54, 1.807) is 11.8 Å². The summed E-state index contributed by atoms with van der Waals surface area (Å²) in [6, 6.07) is 6.97. The zero-order valence-corrected chi connectivity index (χ0v) is 10.6. The third kappa shape index (κ3) is 3.69. The summed E-state index contributed by atoms with van der Waals surface area (Å²) in [5.74, 6) is 0.802. The van der Waals surface area contributed by atoms with Crippen LogP contribution in [0.4, 0.5) is 4.39 Å². The lowest BCUT2D eigenvalue weighted by Gasteiger charge is -2.22. The molecule has 94 valence electrons. The van der Waals surface area contributed by atoms with Crippen LogP contribution in [-0.4, -0.2) is 41.5 Å². The summed E-state index contributed by atoms with van der Waals surface area (Å²) >= 11 is 1.74. The molecule has 1 aromatic carbocycles. The molecular formula is C13H18FNOS. The fraction of sp³-hybridized carbons (Fsp3) is 0.538. The molecule has 1 aliphatic heterocycles. The van der Waals surface area contributed by atoms with Crippen molar-refractivity contribution in [2.75, 3.05) is 25.4 Å². The van der Waals surface area contributed by atoms with Crippen LogP contribution in [0.5, 0.6) is 0 Å². The van der Waals surface area contributed by atoms with E-state index in [0.29, 0.717) is 6.04 Å². The highest BCUT2D eigenvalue weighted by molar-refractivity contribution is 7.99. The van der Waals surface area contributed by atoms with Crippen molar-refractivity contribution < 1.29 is 9.50 Å². The number of halogens is 1. The fourth-order valence-corrected chi connectivity index (χ4v) is 3.10. The van der Waals surface area contributed by atoms with Gasteiger partial charge in [0.05, 0.1) is 6.61 Å². The minimum Gasteiger partial charge on any atom is -0.395 e. The minimum absolute atomic E-state index is 0.186. The topological polar surface area (TPSA) is 23.5 Å². The van der Waals surface area contributed by atoms with E-state index in [2.05, 4.69) is 4.90 Å². The van der Waals surface area contributed by atoms with E-state index in [1.165, 1.54) is 18.6 Å². The van der Waals surface area contributed by atoms with Crippen LogP contribution in [-0.2, 0) is 0 Å². The number of rotatable bonds is 5. The maximum atomic E-state index is 12.7. The molecule has 17 heavy (non-hydrogen) atoms. The van der Waals surface area contributed by atoms with Gasteiger partial charge in [-0.3, -0.25) is 4.90 Å². The zero-order valence-electron chi connectivity index (χ0n) is 9.81. The van der Waals surface area contributed by atoms with Crippen molar-refractivity contribution in [3.05, 3.63) is 30.1 Å². The molecule has 1 aromatic rings. The van der Waals surface area contributed by atoms with Crippen molar-refractivity contribution in [1.82, 2.24) is 4.90 Å². The lowest BCUT2D eigenvalue weighted by Crippen LogP contribution is -2.33. The van der Waals surface area contributed by atoms with Crippen molar-refractivity contribution in [1.29, 1.82) is 0 Å². The van der Waals surface area contributed by atoms with E-state index in [1.807, 2.05) is 12.1 Å². The maximum absolute atomic E-state index is 12.7. The van der Waals surface area contributed by atoms with E-state index in [9.17, 15) is 9.50 Å². The molecule has 1 heterocycles. The predicted molar refractivity (Wildman–Crippen MR) is 68.8 cm³/mol. The summed E-state index contributed by atoms with van der Waals surface area (Å²) in [4.78, 5) is 3.45. The molecule has 0 spiro atoms. The smallest absolute Gasteiger partial charge is 0.123 e. The molecule has 0 saturated carbocycles. The Bertz CT molecular complexity index is 344. The van der Waals surface area contributed by atoms with Gasteiger partial charge < -0.3 is 5.11 Å². The Morgan fingerprint density at radius 3 is 2.82 bits per heavy atom. The van der Waals surface area contributed by atoms with E-state index in [4.69, 9.17) is 0 Å². The molecule has 1 atom stereocenters. The average Bonchev–Trinajstić information content (AvgIpc) is 2.79. The van der Waals surface area contributed by atoms with Crippen LogP contribution in [0.15, 0.2) is 29.2 Å². The summed E-state index contributed by atoms with van der Waals surface area (Å²) in [6.45, 7) is 2.35. The third-order valence-electron chi connectivity index (χ3n) is 3.17. The van der Waals surface area contributed by atoms with Crippen molar-refractivity contribution in [2.45, 2.75) is 23.8 Å². The number of benzene rings is 1. The van der Waals surface area contributed by atoms with Gasteiger partial charge in [0.2, 0.25) is 0 Å². The van der Waals surface area contributed by atoms with Crippen LogP contribution in [0.1, 0.15) is 12.8 Å². The number of aliphatic hydroxyl groups is 1. The Morgan fingerprint density at radius 2 is 2.12 bits per heavy atom. The number of thioether (sulfide) groups is 1. The first-order valence-corrected chi connectivity index (χ1v) is 7.01. The second-order valence-corrected chi connectivity index (χ2v) is 5.49. The summed E-state index contributed by atoms with van der Waals surface area (Å²) in [5, 5.41) is 9.19. The SMILES string of the molecule is OCC1CCCN1CCSc1ccc(F)cc1. The third-order valence-corrected chi connectivity index (χ3v) is 4.16. The summed E-state index contributed by atoms with van der Waals surface area (Å²) in [7, 11) is 0. The number of likely N-dealkylation sites (tertiary alicyclic amines) is 1. The normalized spacial score (nSPS) is 20.9. The standard InChI is InChI=1S/C13H18FNOS/c14-11-3-5-13(6-4-11)17-9-8-15-7-1-2-12(15)10-16/h3-6,12,16H,1-2,7-10H2. The first-order valence-electron chi connectivity index (χ1n) is 6.03. The van der Waals surface area contributed by atoms with Crippen LogP contribution in [0.2, 0.25) is 0 Å². The summed E-state index contributed by atoms with van der Waals surface area (Å²) < 4.78 is 12.7. The van der Waals surface area contributed by atoms with E-state index in [-0.39, 0.29) is 12.4 Å². The Morgan fingerprint density at radius 1 is 1.35 bits per heavy atom. The second kappa shape index (κ2) is 6.38. The first kappa shape index (κ1) is 12.9. The lowest BCUT2D eigenvalue weighted by atomic mass is 10.2. The molecule has 0 aromatic heterocycles. The van der Waals surface area contributed by atoms with Crippen molar-refractivity contribution in [3.63, 3.8) is 0 Å². The number of nitrogens with zero attached hydrogens (tertiary/aromatic N) is 1. The number of aliphatic hydroxyl groups excluding tert-OH is 1. The summed E-state index contributed by atoms with van der Waals surface area (Å²) in [5.41, 5.74) is 0. The highest BCUT2D eigenvalue weighted by Gasteiger charge is 2.22. The maximum Gasteiger partial charge on any atom is 0.123 e. The monoisotopic (exact) mass is 255 g/mol. The molecule has 1 saturated heterocycles. The quantitative estimate of drug-likeness (QED) is 0.817. The molecule has 0 aliphatic carbocycles. The van der Waals surface area contributed by atoms with Crippen LogP contribution in [0.3, 0.4) is 0 Å². The molecule has 1 fully saturated rings. The van der Waals surface area contributed by atoms with Gasteiger partial charge in [-0.05, 0) is 43.7 Å². The Kier molecular flexibility index (Phi) is 4.83. The second-order valence-electron chi connectivity index (χ2n) is 4.32. The molecule has 1 aliphatic rings. The van der Waals surface area contributed by atoms with Crippen LogP contribution >= 0.6 is 11.8 Å². The van der Waals surface area contributed by atoms with Gasteiger partial charge in [0.1, 0.15) is 5.82 Å². The minimum atomic E-state index is -0.186. The Labute approximate surface area is 106 Å². The molecule has 2 rings (SSSR count). The molecule has 0 radical (unpaired) electrons. The highest BCUT2D eigenvalue weighted by atomic mass is 32.2. The molecule has 0 bridgehead atoms. The van der Waals surface area contributed by atoms with Gasteiger partial charge in [-0.2, -0.15) is 0 Å². The van der Waals surface area contributed by atoms with Crippen molar-refractivity contribution in [2.24, 2.45) is 0 Å². The van der Waals surface area contributed by atoms with Crippen molar-refractivity contribution in [3.8, 4) is 0 Å². The van der Waals surface area contributed by atoms with Gasteiger partial charge in [-0.15, -0.1) is 11.8 Å². The van der Waals surface area contributed by atoms with Crippen LogP contribution in [0.25, 0.3) is 0 Å². The summed E-state index contributed by atoms with van der Waals surface area (Å²) in [6.07, 6.45) is 2.30. The van der Waals surface area contributed by atoms with Crippen molar-refractivity contribution >= 4 is 11.8 Å². The Hall–Kier alpha value is -0.580. The average molecular weight is 255 g/mol. The van der Waals surface area contributed by atoms with Crippen LogP contribution in [0, 0.1) is 5.82 Å². The van der Waals surface area contributed by atoms with Crippen LogP contribution < -0.4 is 0 Å². The van der Waals surface area contributed by atoms with Gasteiger partial charge >= 0.3 is 0 Å². The molecule has 1 unspecified atom stereocenters. The Balaban J connectivity index is 1.74. The lowest BCUT2D eigenvalue weighted by molar-refractivity contribution is 0.165. The molecule has 2 nitrogen and oxygen atoms in total. The fourth-order valence-electron chi connectivity index (χ4n) is 2.21. The van der Waals surface area contributed by atoms with Gasteiger partial charge in [-0.25, -0.2) is 4.39 Å². The number of hydrogen-bond donors (Lipinski definition) is 1. The van der Waals surface area contributed by atoms with E-state index >= 15 is 0 Å². The van der Waals surface area contributed by atoms with Gasteiger partial charge in [-0.1, -0.05) is 0 Å². The van der Waals surface area contributed by atoms with Gasteiger partial charge in [0.25, 0.3) is 0 Å². The first-order chi connectivity index (χ1) is 8.29. The molecule has 1 N–H and O–H groups in total. The number of hydrogen-bond acceptors (Lipinski definition) is 3. The molecule has 0 amide bonds. The molecule has 4 heteroatoms. The largest absolute Gasteiger partial charge is 0.395 e. The van der Waals surface area contributed by atoms with E-state index in [0.717, 1.165) is 30.2 Å². The highest BCUT2D eigenvalue weighted by Crippen LogP contribution is 2.21. The zero-order chi connectivity index (χ0) is 12.1. The van der Waals surface area contributed by atoms with Gasteiger partial charge in [0, 0.05) is 23.2 Å². The van der Waals surface area contributed by atoms with E-state index < -0.39 is 0 Å².